The Morgan fingerprint density at radius 2 is 1.69 bits per heavy atom. The lowest BCUT2D eigenvalue weighted by molar-refractivity contribution is -0.118. The van der Waals surface area contributed by atoms with Gasteiger partial charge in [0, 0.05) is 11.8 Å². The van der Waals surface area contributed by atoms with E-state index in [-0.39, 0.29) is 33.3 Å². The second-order valence-corrected chi connectivity index (χ2v) is 21.6. The van der Waals surface area contributed by atoms with Gasteiger partial charge in [0.1, 0.15) is 12.2 Å². The lowest BCUT2D eigenvalue weighted by Gasteiger charge is -2.39. The number of imidazole rings is 2. The van der Waals surface area contributed by atoms with Crippen molar-refractivity contribution in [1.82, 2.24) is 43.8 Å². The molecule has 4 aromatic rings. The fourth-order valence-corrected chi connectivity index (χ4v) is 8.69. The van der Waals surface area contributed by atoms with Crippen molar-refractivity contribution in [3.05, 3.63) is 39.7 Å². The van der Waals surface area contributed by atoms with E-state index in [0.29, 0.717) is 6.42 Å². The van der Waals surface area contributed by atoms with E-state index in [0.717, 1.165) is 6.33 Å². The number of alkyl halides is 1. The number of nitrogens with one attached hydrogen (secondary N) is 4. The van der Waals surface area contributed by atoms with Crippen LogP contribution in [0.4, 0.5) is 10.3 Å². The van der Waals surface area contributed by atoms with E-state index in [1.807, 2.05) is 33.9 Å². The van der Waals surface area contributed by atoms with Crippen LogP contribution in [-0.4, -0.2) is 111 Å². The maximum atomic E-state index is 16.5. The third-order valence-electron chi connectivity index (χ3n) is 10.5. The van der Waals surface area contributed by atoms with Crippen LogP contribution in [-0.2, 0) is 33.2 Å². The molecule has 4 aromatic heterocycles. The minimum atomic E-state index is -4.71. The Morgan fingerprint density at radius 3 is 2.31 bits per heavy atom. The third-order valence-corrected chi connectivity index (χ3v) is 15.9. The Bertz CT molecular complexity index is 2270. The number of hydrogen-bond acceptors (Lipinski definition) is 14. The smallest absolute Gasteiger partial charge is 0.336 e. The number of anilines is 1. The Kier molecular flexibility index (Phi) is 11.2. The number of aliphatic hydroxyl groups excluding tert-OH is 1. The number of halogens is 1. The number of fused-ring (bicyclic) bond motifs is 2. The van der Waals surface area contributed by atoms with Gasteiger partial charge in [-0.1, -0.05) is 41.5 Å². The van der Waals surface area contributed by atoms with E-state index >= 15 is 4.39 Å². The van der Waals surface area contributed by atoms with Crippen LogP contribution in [0.5, 0.6) is 0 Å². The van der Waals surface area contributed by atoms with Crippen molar-refractivity contribution in [3.8, 4) is 0 Å². The summed E-state index contributed by atoms with van der Waals surface area (Å²) in [6.45, 7) is 13.7. The lowest BCUT2D eigenvalue weighted by atomic mass is 9.96. The number of carbonyl (C=O) groups excluding carboxylic acids is 1. The molecule has 0 spiro atoms. The van der Waals surface area contributed by atoms with Crippen LogP contribution in [0, 0.1) is 11.8 Å². The zero-order valence-corrected chi connectivity index (χ0v) is 33.5. The molecule has 0 aliphatic carbocycles. The first-order valence-electron chi connectivity index (χ1n) is 17.8. The minimum absolute atomic E-state index is 0.0140. The first kappa shape index (κ1) is 40.7. The number of aromatic nitrogens is 8. The fraction of sp³-hybridized carbons (Fsp3) is 0.656. The molecular weight excluding hydrogens is 764 g/mol. The van der Waals surface area contributed by atoms with E-state index in [1.54, 1.807) is 20.8 Å². The van der Waals surface area contributed by atoms with Crippen LogP contribution in [0.1, 0.15) is 60.4 Å². The number of aliphatic hydroxyl groups is 1. The van der Waals surface area contributed by atoms with Crippen molar-refractivity contribution in [3.63, 3.8) is 0 Å². The SMILES string of the molecule is CC[C@H]1O[C@@H](n2cnc3c(=O)[nH]c(NC(=O)C(C)C)nc32)[C@H](NS(=O)(=O)OC[C@H]2O[C@@H](n3cnc4c(=O)[nH]cnc43)[C@H](F)[C@@H]2O[Si](C)(C)C(C)(C)C)[C@@H]1CO. The van der Waals surface area contributed by atoms with Crippen molar-refractivity contribution >= 4 is 52.8 Å². The molecule has 302 valence electrons. The number of hydrogen-bond donors (Lipinski definition) is 5. The van der Waals surface area contributed by atoms with Crippen molar-refractivity contribution in [2.45, 2.75) is 109 Å². The van der Waals surface area contributed by atoms with Crippen LogP contribution in [0.15, 0.2) is 28.6 Å². The summed E-state index contributed by atoms with van der Waals surface area (Å²) >= 11 is 0. The molecule has 0 saturated carbocycles. The largest absolute Gasteiger partial charge is 0.408 e. The Labute approximate surface area is 315 Å². The lowest BCUT2D eigenvalue weighted by Crippen LogP contribution is -2.50. The Balaban J connectivity index is 1.28. The van der Waals surface area contributed by atoms with Gasteiger partial charge < -0.3 is 24.0 Å². The Morgan fingerprint density at radius 1 is 1.05 bits per heavy atom. The number of ether oxygens (including phenoxy) is 2. The highest BCUT2D eigenvalue weighted by Gasteiger charge is 2.53. The highest BCUT2D eigenvalue weighted by atomic mass is 32.2. The first-order chi connectivity index (χ1) is 25.8. The van der Waals surface area contributed by atoms with Crippen LogP contribution in [0.25, 0.3) is 22.3 Å². The molecule has 0 unspecified atom stereocenters. The molecule has 0 bridgehead atoms. The summed E-state index contributed by atoms with van der Waals surface area (Å²) in [5, 5.41) is 12.6. The van der Waals surface area contributed by atoms with Crippen molar-refractivity contribution in [2.75, 3.05) is 18.5 Å². The highest BCUT2D eigenvalue weighted by molar-refractivity contribution is 7.84. The molecule has 2 fully saturated rings. The summed E-state index contributed by atoms with van der Waals surface area (Å²) in [6, 6.07) is -1.18. The van der Waals surface area contributed by atoms with Gasteiger partial charge in [-0.25, -0.2) is 19.3 Å². The van der Waals surface area contributed by atoms with Crippen molar-refractivity contribution in [2.24, 2.45) is 11.8 Å². The topological polar surface area (TPSA) is 260 Å². The summed E-state index contributed by atoms with van der Waals surface area (Å²) in [4.78, 5) is 59.2. The van der Waals surface area contributed by atoms with Crippen LogP contribution in [0.2, 0.25) is 18.1 Å². The normalized spacial score (nSPS) is 26.5. The molecule has 1 amide bonds. The predicted octanol–water partition coefficient (Wildman–Crippen LogP) is 1.61. The summed E-state index contributed by atoms with van der Waals surface area (Å²) < 4.78 is 73.4. The molecule has 5 N–H and O–H groups in total. The molecule has 8 atom stereocenters. The number of H-pyrrole nitrogens is 2. The number of amides is 1. The summed E-state index contributed by atoms with van der Waals surface area (Å²) in [6.07, 6.45) is -3.63. The molecule has 2 saturated heterocycles. The van der Waals surface area contributed by atoms with Crippen LogP contribution >= 0.6 is 0 Å². The van der Waals surface area contributed by atoms with E-state index in [2.05, 4.69) is 39.9 Å². The van der Waals surface area contributed by atoms with Gasteiger partial charge in [-0.3, -0.25) is 38.0 Å². The van der Waals surface area contributed by atoms with Crippen LogP contribution in [0.3, 0.4) is 0 Å². The van der Waals surface area contributed by atoms with Gasteiger partial charge in [-0.15, -0.1) is 0 Å². The van der Waals surface area contributed by atoms with Crippen molar-refractivity contribution in [1.29, 1.82) is 0 Å². The summed E-state index contributed by atoms with van der Waals surface area (Å²) in [7, 11) is -7.40. The van der Waals surface area contributed by atoms with Gasteiger partial charge >= 0.3 is 10.3 Å². The second kappa shape index (κ2) is 15.2. The average Bonchev–Trinajstić information content (AvgIpc) is 3.87. The molecule has 0 aromatic carbocycles. The predicted molar refractivity (Wildman–Crippen MR) is 197 cm³/mol. The zero-order valence-electron chi connectivity index (χ0n) is 31.6. The van der Waals surface area contributed by atoms with Gasteiger partial charge in [-0.05, 0) is 24.6 Å². The van der Waals surface area contributed by atoms with E-state index in [4.69, 9.17) is 18.1 Å². The first-order valence-corrected chi connectivity index (χ1v) is 22.2. The molecule has 0 radical (unpaired) electrons. The highest BCUT2D eigenvalue weighted by Crippen LogP contribution is 2.43. The van der Waals surface area contributed by atoms with Gasteiger partial charge in [0.05, 0.1) is 44.3 Å². The molecule has 23 heteroatoms. The van der Waals surface area contributed by atoms with Gasteiger partial charge in [0.25, 0.3) is 11.1 Å². The molecule has 55 heavy (non-hydrogen) atoms. The number of aromatic amines is 2. The van der Waals surface area contributed by atoms with Gasteiger partial charge in [-0.2, -0.15) is 18.1 Å². The average molecular weight is 811 g/mol. The third kappa shape index (κ3) is 7.88. The molecule has 6 heterocycles. The second-order valence-electron chi connectivity index (χ2n) is 15.5. The molecular formula is C32H47FN10O10SSi. The molecule has 20 nitrogen and oxygen atoms in total. The molecule has 2 aliphatic heterocycles. The number of carbonyl (C=O) groups is 1. The Hall–Kier alpha value is -3.97. The summed E-state index contributed by atoms with van der Waals surface area (Å²) in [5.74, 6) is -1.77. The monoisotopic (exact) mass is 810 g/mol. The van der Waals surface area contributed by atoms with E-state index in [9.17, 15) is 27.9 Å². The fourth-order valence-electron chi connectivity index (χ4n) is 6.37. The van der Waals surface area contributed by atoms with E-state index in [1.165, 1.54) is 21.8 Å². The standard InChI is InChI=1S/C32H47FN10O10SSi/c1-9-17-16(10-44)20(30(51-17)43-14-37-22-25(43)38-31(40-28(22)47)39-26(45)15(2)3)41-54(48,49)50-11-18-23(53-55(7,8)32(4,5)6)19(33)29(52-18)42-13-36-21-24(42)34-12-35-27(21)46/h12-20,23,29-30,41,44H,9-11H2,1-8H3,(H,34,35,46)(H2,38,39,40,45,47)/t16-,17-,18-,19-,20-,23-,29-,30-/m1/s1. The van der Waals surface area contributed by atoms with E-state index < -0.39 is 104 Å². The maximum Gasteiger partial charge on any atom is 0.336 e. The number of nitrogens with zero attached hydrogens (tertiary/aromatic N) is 6. The minimum Gasteiger partial charge on any atom is -0.408 e. The van der Waals surface area contributed by atoms with Crippen molar-refractivity contribution < 1.29 is 40.8 Å². The molecule has 2 aliphatic rings. The zero-order chi connectivity index (χ0) is 40.2. The summed E-state index contributed by atoms with van der Waals surface area (Å²) in [5.41, 5.74) is -1.28. The quantitative estimate of drug-likeness (QED) is 0.120. The van der Waals surface area contributed by atoms with Gasteiger partial charge in [0.2, 0.25) is 11.9 Å². The number of rotatable bonds is 13. The van der Waals surface area contributed by atoms with Crippen LogP contribution < -0.4 is 21.2 Å². The van der Waals surface area contributed by atoms with Gasteiger partial charge in [0.15, 0.2) is 49.3 Å². The molecule has 6 rings (SSSR count). The maximum absolute atomic E-state index is 16.5.